The summed E-state index contributed by atoms with van der Waals surface area (Å²) in [7, 11) is 1.55. The van der Waals surface area contributed by atoms with Gasteiger partial charge in [-0.25, -0.2) is 0 Å². The first-order chi connectivity index (χ1) is 15.3. The first-order valence-electron chi connectivity index (χ1n) is 9.99. The number of carbonyl (C=O) groups is 1. The molecule has 168 valence electrons. The van der Waals surface area contributed by atoms with Crippen LogP contribution in [0.2, 0.25) is 0 Å². The van der Waals surface area contributed by atoms with E-state index in [1.807, 2.05) is 0 Å². The minimum Gasteiger partial charge on any atom is -0.497 e. The van der Waals surface area contributed by atoms with Gasteiger partial charge in [0.15, 0.2) is 0 Å². The first kappa shape index (κ1) is 21.8. The van der Waals surface area contributed by atoms with Gasteiger partial charge in [0, 0.05) is 37.3 Å². The van der Waals surface area contributed by atoms with Gasteiger partial charge in [-0.2, -0.15) is 18.2 Å². The van der Waals surface area contributed by atoms with E-state index in [1.165, 1.54) is 12.1 Å². The summed E-state index contributed by atoms with van der Waals surface area (Å²) in [6, 6.07) is 11.8. The van der Waals surface area contributed by atoms with Gasteiger partial charge >= 0.3 is 6.18 Å². The van der Waals surface area contributed by atoms with Crippen LogP contribution >= 0.6 is 0 Å². The van der Waals surface area contributed by atoms with Crippen molar-refractivity contribution >= 4 is 5.91 Å². The second kappa shape index (κ2) is 8.99. The van der Waals surface area contributed by atoms with Crippen LogP contribution < -0.4 is 4.74 Å². The van der Waals surface area contributed by atoms with E-state index in [0.29, 0.717) is 49.9 Å². The molecule has 7 nitrogen and oxygen atoms in total. The van der Waals surface area contributed by atoms with Gasteiger partial charge < -0.3 is 14.2 Å². The number of benzene rings is 2. The quantitative estimate of drug-likeness (QED) is 0.595. The molecule has 0 aliphatic carbocycles. The van der Waals surface area contributed by atoms with Crippen LogP contribution in [0.1, 0.15) is 21.8 Å². The van der Waals surface area contributed by atoms with Gasteiger partial charge in [0.1, 0.15) is 5.75 Å². The summed E-state index contributed by atoms with van der Waals surface area (Å²) in [6.07, 6.45) is -4.44. The van der Waals surface area contributed by atoms with Crippen molar-refractivity contribution in [3.8, 4) is 17.1 Å². The molecule has 0 spiro atoms. The Hall–Kier alpha value is -3.40. The molecule has 4 rings (SSSR count). The third-order valence-corrected chi connectivity index (χ3v) is 5.25. The number of piperazine rings is 1. The van der Waals surface area contributed by atoms with E-state index in [2.05, 4.69) is 15.0 Å². The van der Waals surface area contributed by atoms with Crippen LogP contribution in [-0.2, 0) is 12.7 Å². The second-order valence-electron chi connectivity index (χ2n) is 7.39. The summed E-state index contributed by atoms with van der Waals surface area (Å²) in [4.78, 5) is 20.8. The lowest BCUT2D eigenvalue weighted by molar-refractivity contribution is -0.137. The van der Waals surface area contributed by atoms with Crippen molar-refractivity contribution in [3.05, 3.63) is 65.5 Å². The molecule has 0 saturated carbocycles. The third-order valence-electron chi connectivity index (χ3n) is 5.25. The number of carbonyl (C=O) groups excluding carboxylic acids is 1. The van der Waals surface area contributed by atoms with Crippen LogP contribution in [0.4, 0.5) is 13.2 Å². The summed E-state index contributed by atoms with van der Waals surface area (Å²) in [5.74, 6) is 0.985. The minimum atomic E-state index is -4.44. The van der Waals surface area contributed by atoms with Crippen LogP contribution in [0.25, 0.3) is 11.4 Å². The highest BCUT2D eigenvalue weighted by Crippen LogP contribution is 2.31. The standard InChI is InChI=1S/C22H21F3N4O3/c1-31-18-7-3-5-16(13-18)21(30)29-10-8-28(9-11-29)14-19-26-20(27-32-19)15-4-2-6-17(12-15)22(23,24)25/h2-7,12-13H,8-11,14H2,1H3. The van der Waals surface area contributed by atoms with E-state index < -0.39 is 11.7 Å². The number of hydrogen-bond acceptors (Lipinski definition) is 6. The molecule has 1 aliphatic heterocycles. The monoisotopic (exact) mass is 446 g/mol. The van der Waals surface area contributed by atoms with Gasteiger partial charge in [-0.1, -0.05) is 23.4 Å². The number of nitrogens with zero attached hydrogens (tertiary/aromatic N) is 4. The highest BCUT2D eigenvalue weighted by atomic mass is 19.4. The van der Waals surface area contributed by atoms with E-state index in [9.17, 15) is 18.0 Å². The second-order valence-corrected chi connectivity index (χ2v) is 7.39. The Morgan fingerprint density at radius 3 is 2.56 bits per heavy atom. The van der Waals surface area contributed by atoms with Gasteiger partial charge in [-0.3, -0.25) is 9.69 Å². The number of alkyl halides is 3. The summed E-state index contributed by atoms with van der Waals surface area (Å²) in [5, 5.41) is 3.82. The van der Waals surface area contributed by atoms with Crippen LogP contribution in [0.3, 0.4) is 0 Å². The fourth-order valence-corrected chi connectivity index (χ4v) is 3.51. The van der Waals surface area contributed by atoms with E-state index in [4.69, 9.17) is 9.26 Å². The van der Waals surface area contributed by atoms with Crippen LogP contribution in [0.5, 0.6) is 5.75 Å². The summed E-state index contributed by atoms with van der Waals surface area (Å²) < 4.78 is 49.2. The maximum absolute atomic E-state index is 12.9. The number of methoxy groups -OCH3 is 1. The zero-order valence-corrected chi connectivity index (χ0v) is 17.3. The van der Waals surface area contributed by atoms with Gasteiger partial charge in [-0.15, -0.1) is 0 Å². The fraction of sp³-hybridized carbons (Fsp3) is 0.318. The number of hydrogen-bond donors (Lipinski definition) is 0. The molecule has 0 atom stereocenters. The molecular weight excluding hydrogens is 425 g/mol. The Bertz CT molecular complexity index is 1090. The average Bonchev–Trinajstić information content (AvgIpc) is 3.27. The molecule has 2 aromatic carbocycles. The predicted molar refractivity (Wildman–Crippen MR) is 109 cm³/mol. The van der Waals surface area contributed by atoms with Gasteiger partial charge in [-0.05, 0) is 30.3 Å². The van der Waals surface area contributed by atoms with Crippen molar-refractivity contribution < 1.29 is 27.2 Å². The van der Waals surface area contributed by atoms with E-state index in [1.54, 1.807) is 36.3 Å². The smallest absolute Gasteiger partial charge is 0.416 e. The normalized spacial score (nSPS) is 15.1. The summed E-state index contributed by atoms with van der Waals surface area (Å²) in [5.41, 5.74) is 0.0436. The molecule has 1 saturated heterocycles. The van der Waals surface area contributed by atoms with Crippen LogP contribution in [0.15, 0.2) is 53.1 Å². The Morgan fingerprint density at radius 1 is 1.09 bits per heavy atom. The molecule has 0 bridgehead atoms. The van der Waals surface area contributed by atoms with E-state index in [-0.39, 0.29) is 17.3 Å². The van der Waals surface area contributed by atoms with Crippen molar-refractivity contribution in [2.45, 2.75) is 12.7 Å². The lowest BCUT2D eigenvalue weighted by Crippen LogP contribution is -2.48. The molecule has 10 heteroatoms. The number of rotatable bonds is 5. The lowest BCUT2D eigenvalue weighted by Gasteiger charge is -2.34. The lowest BCUT2D eigenvalue weighted by atomic mass is 10.1. The van der Waals surface area contributed by atoms with Crippen molar-refractivity contribution in [3.63, 3.8) is 0 Å². The number of halogens is 3. The van der Waals surface area contributed by atoms with Crippen molar-refractivity contribution in [2.24, 2.45) is 0 Å². The predicted octanol–water partition coefficient (Wildman–Crippen LogP) is 3.72. The first-order valence-corrected chi connectivity index (χ1v) is 9.99. The molecule has 0 N–H and O–H groups in total. The molecule has 1 aromatic heterocycles. The Labute approximate surface area is 182 Å². The van der Waals surface area contributed by atoms with Crippen LogP contribution in [0, 0.1) is 0 Å². The topological polar surface area (TPSA) is 71.7 Å². The molecular formula is C22H21F3N4O3. The molecule has 1 amide bonds. The van der Waals surface area contributed by atoms with Gasteiger partial charge in [0.2, 0.25) is 11.7 Å². The molecule has 32 heavy (non-hydrogen) atoms. The van der Waals surface area contributed by atoms with Crippen LogP contribution in [-0.4, -0.2) is 59.1 Å². The molecule has 2 heterocycles. The summed E-state index contributed by atoms with van der Waals surface area (Å²) in [6.45, 7) is 2.64. The number of aromatic nitrogens is 2. The summed E-state index contributed by atoms with van der Waals surface area (Å²) >= 11 is 0. The van der Waals surface area contributed by atoms with Crippen molar-refractivity contribution in [1.29, 1.82) is 0 Å². The highest BCUT2D eigenvalue weighted by molar-refractivity contribution is 5.94. The molecule has 0 unspecified atom stereocenters. The molecule has 3 aromatic rings. The van der Waals surface area contributed by atoms with Gasteiger partial charge in [0.05, 0.1) is 19.2 Å². The Morgan fingerprint density at radius 2 is 1.84 bits per heavy atom. The maximum atomic E-state index is 12.9. The molecule has 1 fully saturated rings. The number of ether oxygens (including phenoxy) is 1. The van der Waals surface area contributed by atoms with E-state index >= 15 is 0 Å². The largest absolute Gasteiger partial charge is 0.497 e. The Balaban J connectivity index is 1.35. The van der Waals surface area contributed by atoms with Crippen molar-refractivity contribution in [1.82, 2.24) is 19.9 Å². The highest BCUT2D eigenvalue weighted by Gasteiger charge is 2.31. The minimum absolute atomic E-state index is 0.0619. The van der Waals surface area contributed by atoms with Gasteiger partial charge in [0.25, 0.3) is 5.91 Å². The molecule has 0 radical (unpaired) electrons. The average molecular weight is 446 g/mol. The maximum Gasteiger partial charge on any atom is 0.416 e. The fourth-order valence-electron chi connectivity index (χ4n) is 3.51. The van der Waals surface area contributed by atoms with E-state index in [0.717, 1.165) is 12.1 Å². The number of amides is 1. The zero-order chi connectivity index (χ0) is 22.7. The third kappa shape index (κ3) is 4.91. The molecule has 1 aliphatic rings. The zero-order valence-electron chi connectivity index (χ0n) is 17.3. The SMILES string of the molecule is COc1cccc(C(=O)N2CCN(Cc3nc(-c4cccc(C(F)(F)F)c4)no3)CC2)c1. The Kier molecular flexibility index (Phi) is 6.13. The van der Waals surface area contributed by atoms with Crippen molar-refractivity contribution in [2.75, 3.05) is 33.3 Å².